The molecule has 0 bridgehead atoms. The van der Waals surface area contributed by atoms with E-state index in [1.165, 1.54) is 18.4 Å². The standard InChI is InChI=1S/C27H28N2O5S/c1-13-14(2)35-25(17(13)26(33)34-6)29-23(31)18-19(24(29)32)21(22(30)27(3,4)5)28-12-11-15-9-7-8-10-16(15)20(18)28/h7-12,18-21H,1-6H3/t18-,19+,20+,21+/m0/s1. The highest BCUT2D eigenvalue weighted by atomic mass is 32.1. The first-order valence-electron chi connectivity index (χ1n) is 11.6. The number of benzene rings is 1. The highest BCUT2D eigenvalue weighted by Gasteiger charge is 2.65. The van der Waals surface area contributed by atoms with Crippen LogP contribution in [0.15, 0.2) is 30.5 Å². The normalized spacial score (nSPS) is 25.0. The fourth-order valence-corrected chi connectivity index (χ4v) is 6.76. The zero-order valence-corrected chi connectivity index (χ0v) is 21.4. The number of thiophene rings is 1. The van der Waals surface area contributed by atoms with Crippen LogP contribution in [-0.4, -0.2) is 41.6 Å². The van der Waals surface area contributed by atoms with Crippen molar-refractivity contribution in [3.8, 4) is 0 Å². The van der Waals surface area contributed by atoms with Crippen LogP contribution in [0.1, 0.15) is 58.7 Å². The minimum atomic E-state index is -0.844. The van der Waals surface area contributed by atoms with E-state index >= 15 is 0 Å². The molecule has 0 aliphatic carbocycles. The fraction of sp³-hybridized carbons (Fsp3) is 0.407. The number of anilines is 1. The van der Waals surface area contributed by atoms with Crippen molar-refractivity contribution in [3.05, 3.63) is 57.6 Å². The number of ether oxygens (including phenoxy) is 1. The Kier molecular flexibility index (Phi) is 5.29. The van der Waals surface area contributed by atoms with Gasteiger partial charge in [0.25, 0.3) is 0 Å². The third-order valence-electron chi connectivity index (χ3n) is 7.43. The minimum absolute atomic E-state index is 0.0891. The molecule has 4 heterocycles. The molecular weight excluding hydrogens is 464 g/mol. The first kappa shape index (κ1) is 23.5. The summed E-state index contributed by atoms with van der Waals surface area (Å²) in [5.41, 5.74) is 2.09. The minimum Gasteiger partial charge on any atom is -0.465 e. The van der Waals surface area contributed by atoms with E-state index in [1.54, 1.807) is 6.92 Å². The van der Waals surface area contributed by atoms with E-state index in [0.717, 1.165) is 20.9 Å². The summed E-state index contributed by atoms with van der Waals surface area (Å²) in [4.78, 5) is 58.3. The Morgan fingerprint density at radius 1 is 1.03 bits per heavy atom. The predicted octanol–water partition coefficient (Wildman–Crippen LogP) is 4.28. The van der Waals surface area contributed by atoms with Gasteiger partial charge in [-0.05, 0) is 36.6 Å². The van der Waals surface area contributed by atoms with E-state index in [0.29, 0.717) is 5.56 Å². The van der Waals surface area contributed by atoms with Gasteiger partial charge in [0.15, 0.2) is 5.78 Å². The highest BCUT2D eigenvalue weighted by Crippen LogP contribution is 2.55. The number of amides is 2. The molecule has 182 valence electrons. The van der Waals surface area contributed by atoms with Crippen molar-refractivity contribution in [2.45, 2.75) is 46.7 Å². The second-order valence-electron chi connectivity index (χ2n) is 10.4. The van der Waals surface area contributed by atoms with Crippen LogP contribution < -0.4 is 4.90 Å². The second kappa shape index (κ2) is 7.88. The molecule has 0 unspecified atom stereocenters. The van der Waals surface area contributed by atoms with Gasteiger partial charge in [-0.25, -0.2) is 9.69 Å². The van der Waals surface area contributed by atoms with Crippen molar-refractivity contribution in [2.75, 3.05) is 12.0 Å². The molecule has 1 aromatic carbocycles. The molecule has 5 rings (SSSR count). The number of hydrogen-bond donors (Lipinski definition) is 0. The van der Waals surface area contributed by atoms with Crippen LogP contribution in [0.4, 0.5) is 5.00 Å². The number of carbonyl (C=O) groups excluding carboxylic acids is 4. The first-order valence-corrected chi connectivity index (χ1v) is 12.5. The Hall–Kier alpha value is -3.26. The van der Waals surface area contributed by atoms with Crippen LogP contribution in [0.2, 0.25) is 0 Å². The van der Waals surface area contributed by atoms with E-state index in [2.05, 4.69) is 0 Å². The summed E-state index contributed by atoms with van der Waals surface area (Å²) in [7, 11) is 1.28. The average Bonchev–Trinajstić information content (AvgIpc) is 3.40. The van der Waals surface area contributed by atoms with Gasteiger partial charge in [-0.1, -0.05) is 45.0 Å². The molecule has 2 aromatic rings. The average molecular weight is 493 g/mol. The van der Waals surface area contributed by atoms with E-state index in [1.807, 2.05) is 69.1 Å². The molecule has 3 aliphatic heterocycles. The summed E-state index contributed by atoms with van der Waals surface area (Å²) in [6.45, 7) is 9.12. The molecule has 0 N–H and O–H groups in total. The number of ketones is 1. The smallest absolute Gasteiger partial charge is 0.341 e. The van der Waals surface area contributed by atoms with Crippen LogP contribution in [0.3, 0.4) is 0 Å². The third-order valence-corrected chi connectivity index (χ3v) is 8.62. The van der Waals surface area contributed by atoms with Crippen molar-refractivity contribution in [1.29, 1.82) is 0 Å². The molecule has 1 aromatic heterocycles. The van der Waals surface area contributed by atoms with E-state index < -0.39 is 41.2 Å². The summed E-state index contributed by atoms with van der Waals surface area (Å²) in [5, 5.41) is 0.282. The summed E-state index contributed by atoms with van der Waals surface area (Å²) >= 11 is 1.23. The lowest BCUT2D eigenvalue weighted by atomic mass is 9.79. The summed E-state index contributed by atoms with van der Waals surface area (Å²) in [6.07, 6.45) is 3.79. The molecule has 0 spiro atoms. The molecule has 4 atom stereocenters. The molecule has 35 heavy (non-hydrogen) atoms. The van der Waals surface area contributed by atoms with Gasteiger partial charge in [-0.2, -0.15) is 0 Å². The maximum atomic E-state index is 14.1. The number of hydrogen-bond acceptors (Lipinski definition) is 7. The molecule has 3 aliphatic rings. The first-order chi connectivity index (χ1) is 16.5. The highest BCUT2D eigenvalue weighted by molar-refractivity contribution is 7.17. The maximum Gasteiger partial charge on any atom is 0.341 e. The SMILES string of the molecule is COC(=O)c1c(N2C(=O)[C@@H]3[C@H](C2=O)[C@H]2c4ccccc4C=CN2[C@H]3C(=O)C(C)(C)C)sc(C)c1C. The van der Waals surface area contributed by atoms with Crippen molar-refractivity contribution < 1.29 is 23.9 Å². The van der Waals surface area contributed by atoms with E-state index in [-0.39, 0.29) is 22.3 Å². The Bertz CT molecular complexity index is 1320. The third kappa shape index (κ3) is 3.22. The fourth-order valence-electron chi connectivity index (χ4n) is 5.61. The van der Waals surface area contributed by atoms with Crippen molar-refractivity contribution in [1.82, 2.24) is 4.90 Å². The lowest BCUT2D eigenvalue weighted by Crippen LogP contribution is -2.47. The van der Waals surface area contributed by atoms with Crippen LogP contribution in [0, 0.1) is 31.1 Å². The Morgan fingerprint density at radius 2 is 1.69 bits per heavy atom. The predicted molar refractivity (Wildman–Crippen MR) is 133 cm³/mol. The number of aryl methyl sites for hydroxylation is 1. The zero-order valence-electron chi connectivity index (χ0n) is 20.6. The largest absolute Gasteiger partial charge is 0.465 e. The van der Waals surface area contributed by atoms with Crippen LogP contribution in [0.25, 0.3) is 6.08 Å². The lowest BCUT2D eigenvalue weighted by Gasteiger charge is -2.37. The van der Waals surface area contributed by atoms with Gasteiger partial charge in [-0.3, -0.25) is 14.4 Å². The number of nitrogens with zero attached hydrogens (tertiary/aromatic N) is 2. The van der Waals surface area contributed by atoms with E-state index in [4.69, 9.17) is 4.74 Å². The number of esters is 1. The molecule has 0 radical (unpaired) electrons. The van der Waals surface area contributed by atoms with Gasteiger partial charge in [-0.15, -0.1) is 11.3 Å². The molecule has 2 amide bonds. The maximum absolute atomic E-state index is 14.1. The molecule has 8 heteroatoms. The summed E-state index contributed by atoms with van der Waals surface area (Å²) < 4.78 is 4.98. The Balaban J connectivity index is 1.69. The zero-order chi connectivity index (χ0) is 25.4. The van der Waals surface area contributed by atoms with E-state index in [9.17, 15) is 19.2 Å². The summed E-state index contributed by atoms with van der Waals surface area (Å²) in [5.74, 6) is -3.07. The van der Waals surface area contributed by atoms with Crippen molar-refractivity contribution >= 4 is 46.0 Å². The number of rotatable bonds is 3. The summed E-state index contributed by atoms with van der Waals surface area (Å²) in [6, 6.07) is 6.54. The van der Waals surface area contributed by atoms with Gasteiger partial charge >= 0.3 is 5.97 Å². The molecule has 0 saturated carbocycles. The van der Waals surface area contributed by atoms with Gasteiger partial charge in [0, 0.05) is 16.5 Å². The molecule has 7 nitrogen and oxygen atoms in total. The molecular formula is C27H28N2O5S. The number of methoxy groups -OCH3 is 1. The number of carbonyl (C=O) groups is 4. The van der Waals surface area contributed by atoms with Crippen molar-refractivity contribution in [2.24, 2.45) is 17.3 Å². The number of imide groups is 1. The second-order valence-corrected chi connectivity index (χ2v) is 11.6. The van der Waals surface area contributed by atoms with Crippen LogP contribution >= 0.6 is 11.3 Å². The van der Waals surface area contributed by atoms with Gasteiger partial charge in [0.1, 0.15) is 11.0 Å². The van der Waals surface area contributed by atoms with Crippen LogP contribution in [0.5, 0.6) is 0 Å². The number of fused-ring (bicyclic) bond motifs is 5. The lowest BCUT2D eigenvalue weighted by molar-refractivity contribution is -0.135. The van der Waals surface area contributed by atoms with Gasteiger partial charge in [0.2, 0.25) is 11.8 Å². The molecule has 2 saturated heterocycles. The van der Waals surface area contributed by atoms with Gasteiger partial charge in [0.05, 0.1) is 30.6 Å². The van der Waals surface area contributed by atoms with Gasteiger partial charge < -0.3 is 9.64 Å². The van der Waals surface area contributed by atoms with Crippen LogP contribution in [-0.2, 0) is 19.1 Å². The Morgan fingerprint density at radius 3 is 2.34 bits per heavy atom. The molecule has 2 fully saturated rings. The topological polar surface area (TPSA) is 84.0 Å². The number of Topliss-reactive ketones (excluding diaryl/α,β-unsaturated/α-hetero) is 1. The quantitative estimate of drug-likeness (QED) is 0.470. The monoisotopic (exact) mass is 492 g/mol. The van der Waals surface area contributed by atoms with Crippen molar-refractivity contribution in [3.63, 3.8) is 0 Å². The Labute approximate surface area is 208 Å².